The van der Waals surface area contributed by atoms with Crippen LogP contribution in [0.3, 0.4) is 0 Å². The van der Waals surface area contributed by atoms with Gasteiger partial charge in [-0.05, 0) is 6.92 Å². The van der Waals surface area contributed by atoms with Crippen molar-refractivity contribution >= 4 is 11.9 Å². The number of nitrogens with zero attached hydrogens (tertiary/aromatic N) is 2. The zero-order valence-electron chi connectivity index (χ0n) is 11.1. The van der Waals surface area contributed by atoms with E-state index in [1.165, 1.54) is 18.1 Å². The van der Waals surface area contributed by atoms with E-state index in [4.69, 9.17) is 14.0 Å². The Hall–Kier alpha value is -1.89. The number of hydrogen-bond donors (Lipinski definition) is 0. The van der Waals surface area contributed by atoms with Crippen molar-refractivity contribution in [2.45, 2.75) is 25.5 Å². The third-order valence-electron chi connectivity index (χ3n) is 3.18. The number of ether oxygens (including phenoxy) is 2. The first-order valence-electron chi connectivity index (χ1n) is 5.91. The van der Waals surface area contributed by atoms with Gasteiger partial charge in [-0.1, -0.05) is 5.16 Å². The molecule has 0 bridgehead atoms. The van der Waals surface area contributed by atoms with E-state index in [-0.39, 0.29) is 17.7 Å². The second-order valence-electron chi connectivity index (χ2n) is 4.41. The Morgan fingerprint density at radius 1 is 1.47 bits per heavy atom. The molecule has 2 atom stereocenters. The molecule has 0 spiro atoms. The summed E-state index contributed by atoms with van der Waals surface area (Å²) in [6, 6.07) is 0.899. The van der Waals surface area contributed by atoms with Gasteiger partial charge in [0.05, 0.1) is 13.2 Å². The molecule has 1 aromatic heterocycles. The minimum absolute atomic E-state index is 0.180. The summed E-state index contributed by atoms with van der Waals surface area (Å²) in [5.74, 6) is -0.264. The molecule has 2 rings (SSSR count). The lowest BCUT2D eigenvalue weighted by molar-refractivity contribution is -0.145. The topological polar surface area (TPSA) is 81.9 Å². The van der Waals surface area contributed by atoms with Crippen molar-refractivity contribution < 1.29 is 23.6 Å². The largest absolute Gasteiger partial charge is 0.467 e. The molecular formula is C12H16N2O5. The Bertz CT molecular complexity index is 484. The summed E-state index contributed by atoms with van der Waals surface area (Å²) in [6.45, 7) is 2.03. The highest BCUT2D eigenvalue weighted by atomic mass is 16.5. The number of aromatic nitrogens is 1. The molecule has 19 heavy (non-hydrogen) atoms. The molecule has 104 valence electrons. The predicted molar refractivity (Wildman–Crippen MR) is 63.5 cm³/mol. The second-order valence-corrected chi connectivity index (χ2v) is 4.41. The van der Waals surface area contributed by atoms with E-state index in [0.717, 1.165) is 0 Å². The molecule has 1 aliphatic rings. The molecule has 0 unspecified atom stereocenters. The summed E-state index contributed by atoms with van der Waals surface area (Å²) in [6.07, 6.45) is 0.243. The maximum atomic E-state index is 12.3. The molecule has 1 saturated heterocycles. The number of rotatable bonds is 3. The highest BCUT2D eigenvalue weighted by Gasteiger charge is 2.41. The molecule has 0 aliphatic carbocycles. The first-order chi connectivity index (χ1) is 9.06. The fraction of sp³-hybridized carbons (Fsp3) is 0.583. The molecule has 0 N–H and O–H groups in total. The van der Waals surface area contributed by atoms with E-state index in [1.807, 2.05) is 0 Å². The monoisotopic (exact) mass is 268 g/mol. The molecule has 0 saturated carbocycles. The first kappa shape index (κ1) is 13.5. The van der Waals surface area contributed by atoms with E-state index in [1.54, 1.807) is 14.0 Å². The van der Waals surface area contributed by atoms with Gasteiger partial charge in [0.25, 0.3) is 5.91 Å². The van der Waals surface area contributed by atoms with Crippen LogP contribution in [-0.2, 0) is 14.3 Å². The van der Waals surface area contributed by atoms with E-state index < -0.39 is 12.0 Å². The fourth-order valence-corrected chi connectivity index (χ4v) is 2.17. The molecule has 1 aliphatic heterocycles. The Morgan fingerprint density at radius 2 is 2.21 bits per heavy atom. The summed E-state index contributed by atoms with van der Waals surface area (Å²) in [7, 11) is 2.85. The molecule has 1 fully saturated rings. The lowest BCUT2D eigenvalue weighted by atomic mass is 10.2. The van der Waals surface area contributed by atoms with Crippen LogP contribution in [0.25, 0.3) is 0 Å². The normalized spacial score (nSPS) is 22.6. The molecule has 2 heterocycles. The van der Waals surface area contributed by atoms with Gasteiger partial charge in [0.1, 0.15) is 11.8 Å². The van der Waals surface area contributed by atoms with Gasteiger partial charge in [-0.3, -0.25) is 4.79 Å². The zero-order valence-corrected chi connectivity index (χ0v) is 11.1. The molecular weight excluding hydrogens is 252 g/mol. The van der Waals surface area contributed by atoms with Crippen molar-refractivity contribution in [3.63, 3.8) is 0 Å². The lowest BCUT2D eigenvalue weighted by Crippen LogP contribution is -2.41. The fourth-order valence-electron chi connectivity index (χ4n) is 2.17. The molecule has 0 aromatic carbocycles. The third kappa shape index (κ3) is 2.60. The van der Waals surface area contributed by atoms with Crippen LogP contribution in [0.2, 0.25) is 0 Å². The van der Waals surface area contributed by atoms with Gasteiger partial charge in [-0.25, -0.2) is 4.79 Å². The smallest absolute Gasteiger partial charge is 0.328 e. The molecule has 1 aromatic rings. The maximum Gasteiger partial charge on any atom is 0.328 e. The van der Waals surface area contributed by atoms with Gasteiger partial charge >= 0.3 is 5.97 Å². The number of amides is 1. The maximum absolute atomic E-state index is 12.3. The minimum Gasteiger partial charge on any atom is -0.467 e. The summed E-state index contributed by atoms with van der Waals surface area (Å²) < 4.78 is 14.8. The number of esters is 1. The summed E-state index contributed by atoms with van der Waals surface area (Å²) in [5.41, 5.74) is 0.183. The third-order valence-corrected chi connectivity index (χ3v) is 3.18. The molecule has 7 heteroatoms. The van der Waals surface area contributed by atoms with Crippen LogP contribution in [0, 0.1) is 6.92 Å². The zero-order chi connectivity index (χ0) is 14.0. The van der Waals surface area contributed by atoms with Crippen LogP contribution < -0.4 is 0 Å². The Morgan fingerprint density at radius 3 is 2.74 bits per heavy atom. The van der Waals surface area contributed by atoms with Crippen LogP contribution in [0.1, 0.15) is 22.7 Å². The number of aryl methyl sites for hydroxylation is 1. The quantitative estimate of drug-likeness (QED) is 0.737. The van der Waals surface area contributed by atoms with Crippen molar-refractivity contribution in [2.75, 3.05) is 20.8 Å². The van der Waals surface area contributed by atoms with Gasteiger partial charge < -0.3 is 18.9 Å². The van der Waals surface area contributed by atoms with Crippen molar-refractivity contribution in [3.8, 4) is 0 Å². The van der Waals surface area contributed by atoms with E-state index in [2.05, 4.69) is 5.16 Å². The number of hydrogen-bond acceptors (Lipinski definition) is 6. The van der Waals surface area contributed by atoms with Crippen LogP contribution >= 0.6 is 0 Å². The van der Waals surface area contributed by atoms with E-state index in [0.29, 0.717) is 18.7 Å². The Labute approximate surface area is 110 Å². The molecule has 7 nitrogen and oxygen atoms in total. The van der Waals surface area contributed by atoms with Gasteiger partial charge in [-0.15, -0.1) is 0 Å². The van der Waals surface area contributed by atoms with Crippen molar-refractivity contribution in [1.82, 2.24) is 10.1 Å². The lowest BCUT2D eigenvalue weighted by Gasteiger charge is -2.20. The van der Waals surface area contributed by atoms with E-state index in [9.17, 15) is 9.59 Å². The summed E-state index contributed by atoms with van der Waals surface area (Å²) in [4.78, 5) is 25.4. The summed E-state index contributed by atoms with van der Waals surface area (Å²) in [5, 5.41) is 3.67. The first-order valence-corrected chi connectivity index (χ1v) is 5.91. The summed E-state index contributed by atoms with van der Waals surface area (Å²) >= 11 is 0. The Kier molecular flexibility index (Phi) is 3.84. The average molecular weight is 268 g/mol. The van der Waals surface area contributed by atoms with Crippen molar-refractivity contribution in [2.24, 2.45) is 0 Å². The standard InChI is InChI=1S/C12H16N2O5/c1-7-4-9(13-19-7)11(15)14-6-8(17-2)5-10(14)12(16)18-3/h4,8,10H,5-6H2,1-3H3/t8-,10-/m0/s1. The minimum atomic E-state index is -0.639. The van der Waals surface area contributed by atoms with Crippen LogP contribution in [0.5, 0.6) is 0 Å². The van der Waals surface area contributed by atoms with E-state index >= 15 is 0 Å². The van der Waals surface area contributed by atoms with Crippen LogP contribution in [-0.4, -0.2) is 54.8 Å². The van der Waals surface area contributed by atoms with Gasteiger partial charge in [-0.2, -0.15) is 0 Å². The number of methoxy groups -OCH3 is 2. The highest BCUT2D eigenvalue weighted by Crippen LogP contribution is 2.23. The van der Waals surface area contributed by atoms with Gasteiger partial charge in [0.15, 0.2) is 5.69 Å². The highest BCUT2D eigenvalue weighted by molar-refractivity contribution is 5.95. The van der Waals surface area contributed by atoms with Gasteiger partial charge in [0, 0.05) is 26.1 Å². The van der Waals surface area contributed by atoms with Gasteiger partial charge in [0.2, 0.25) is 0 Å². The Balaban J connectivity index is 2.20. The number of carbonyl (C=O) groups is 2. The van der Waals surface area contributed by atoms with Crippen LogP contribution in [0.4, 0.5) is 0 Å². The molecule has 0 radical (unpaired) electrons. The SMILES string of the molecule is COC(=O)[C@@H]1C[C@H](OC)CN1C(=O)c1cc(C)on1. The van der Waals surface area contributed by atoms with Crippen LogP contribution in [0.15, 0.2) is 10.6 Å². The van der Waals surface area contributed by atoms with Crippen molar-refractivity contribution in [1.29, 1.82) is 0 Å². The molecule has 1 amide bonds. The average Bonchev–Trinajstić information content (AvgIpc) is 3.03. The number of likely N-dealkylation sites (tertiary alicyclic amines) is 1. The second kappa shape index (κ2) is 5.40. The predicted octanol–water partition coefficient (Wildman–Crippen LogP) is 0.386. The van der Waals surface area contributed by atoms with Crippen molar-refractivity contribution in [3.05, 3.63) is 17.5 Å². The number of carbonyl (C=O) groups excluding carboxylic acids is 2.